The van der Waals surface area contributed by atoms with Crippen LogP contribution in [0.4, 0.5) is 4.39 Å². The minimum absolute atomic E-state index is 0.120. The van der Waals surface area contributed by atoms with E-state index in [0.717, 1.165) is 0 Å². The molecule has 1 fully saturated rings. The molecule has 0 spiro atoms. The van der Waals surface area contributed by atoms with Crippen LogP contribution in [0.1, 0.15) is 18.4 Å². The monoisotopic (exact) mass is 352 g/mol. The summed E-state index contributed by atoms with van der Waals surface area (Å²) in [7, 11) is 0. The molecule has 2 heterocycles. The Bertz CT molecular complexity index is 705. The molecule has 0 radical (unpaired) electrons. The molecule has 1 aliphatic rings. The van der Waals surface area contributed by atoms with Crippen LogP contribution in [-0.2, 0) is 17.8 Å². The van der Waals surface area contributed by atoms with E-state index in [1.807, 2.05) is 0 Å². The molecule has 1 aliphatic heterocycles. The molecule has 6 nitrogen and oxygen atoms in total. The SMILES string of the molecule is O=C(Cc1c(F)cccc1Cl)N1CCCC(O)(Cn2ccnn2)C1. The van der Waals surface area contributed by atoms with Gasteiger partial charge in [0.1, 0.15) is 11.4 Å². The van der Waals surface area contributed by atoms with Crippen molar-refractivity contribution in [2.24, 2.45) is 0 Å². The highest BCUT2D eigenvalue weighted by Crippen LogP contribution is 2.25. The molecule has 1 atom stereocenters. The van der Waals surface area contributed by atoms with Crippen molar-refractivity contribution in [3.8, 4) is 0 Å². The highest BCUT2D eigenvalue weighted by Gasteiger charge is 2.36. The Balaban J connectivity index is 1.69. The third-order valence-electron chi connectivity index (χ3n) is 4.23. The number of likely N-dealkylation sites (tertiary alicyclic amines) is 1. The zero-order valence-corrected chi connectivity index (χ0v) is 13.8. The number of β-amino-alcohol motifs (C(OH)–C–C–N with tert-alkyl or cyclic N) is 1. The highest BCUT2D eigenvalue weighted by atomic mass is 35.5. The lowest BCUT2D eigenvalue weighted by Gasteiger charge is -2.39. The van der Waals surface area contributed by atoms with Gasteiger partial charge in [0.2, 0.25) is 5.91 Å². The Labute approximate surface area is 143 Å². The molecule has 1 aromatic carbocycles. The van der Waals surface area contributed by atoms with Crippen LogP contribution in [0.15, 0.2) is 30.6 Å². The number of carbonyl (C=O) groups excluding carboxylic acids is 1. The van der Waals surface area contributed by atoms with E-state index in [4.69, 9.17) is 11.6 Å². The number of aromatic nitrogens is 3. The average Bonchev–Trinajstić information content (AvgIpc) is 3.03. The van der Waals surface area contributed by atoms with Gasteiger partial charge in [-0.05, 0) is 25.0 Å². The van der Waals surface area contributed by atoms with Crippen LogP contribution in [0.25, 0.3) is 0 Å². The average molecular weight is 353 g/mol. The van der Waals surface area contributed by atoms with Crippen molar-refractivity contribution in [3.63, 3.8) is 0 Å². The molecule has 128 valence electrons. The molecule has 0 bridgehead atoms. The molecular weight excluding hydrogens is 335 g/mol. The first-order chi connectivity index (χ1) is 11.5. The van der Waals surface area contributed by atoms with Crippen molar-refractivity contribution in [1.82, 2.24) is 19.9 Å². The number of piperidine rings is 1. The summed E-state index contributed by atoms with van der Waals surface area (Å²) in [4.78, 5) is 14.1. The molecule has 1 aromatic heterocycles. The first-order valence-corrected chi connectivity index (χ1v) is 8.12. The van der Waals surface area contributed by atoms with Gasteiger partial charge >= 0.3 is 0 Å². The quantitative estimate of drug-likeness (QED) is 0.908. The maximum absolute atomic E-state index is 13.9. The number of hydrogen-bond acceptors (Lipinski definition) is 4. The van der Waals surface area contributed by atoms with Gasteiger partial charge in [0, 0.05) is 23.3 Å². The van der Waals surface area contributed by atoms with Crippen molar-refractivity contribution in [2.45, 2.75) is 31.4 Å². The van der Waals surface area contributed by atoms with Gasteiger partial charge in [0.15, 0.2) is 0 Å². The molecule has 0 saturated carbocycles. The van der Waals surface area contributed by atoms with E-state index in [1.54, 1.807) is 21.8 Å². The first-order valence-electron chi connectivity index (χ1n) is 7.74. The molecule has 2 aromatic rings. The number of halogens is 2. The molecule has 0 aliphatic carbocycles. The van der Waals surface area contributed by atoms with Crippen LogP contribution < -0.4 is 0 Å². The second-order valence-corrected chi connectivity index (χ2v) is 6.53. The number of benzene rings is 1. The molecule has 1 amide bonds. The normalized spacial score (nSPS) is 21.0. The van der Waals surface area contributed by atoms with E-state index < -0.39 is 11.4 Å². The smallest absolute Gasteiger partial charge is 0.227 e. The van der Waals surface area contributed by atoms with Gasteiger partial charge in [0.25, 0.3) is 0 Å². The van der Waals surface area contributed by atoms with Gasteiger partial charge in [-0.3, -0.25) is 4.79 Å². The van der Waals surface area contributed by atoms with E-state index in [2.05, 4.69) is 10.3 Å². The van der Waals surface area contributed by atoms with E-state index in [1.165, 1.54) is 18.3 Å². The third kappa shape index (κ3) is 3.73. The standard InChI is InChI=1S/C16H18ClFN4O2/c17-13-3-1-4-14(18)12(13)9-15(23)21-7-2-5-16(24,10-21)11-22-8-6-19-20-22/h1,3-4,6,8,24H,2,5,7,9-11H2. The molecule has 3 rings (SSSR count). The van der Waals surface area contributed by atoms with Gasteiger partial charge in [-0.1, -0.05) is 22.9 Å². The molecule has 1 unspecified atom stereocenters. The maximum Gasteiger partial charge on any atom is 0.227 e. The van der Waals surface area contributed by atoms with Crippen molar-refractivity contribution in [1.29, 1.82) is 0 Å². The lowest BCUT2D eigenvalue weighted by molar-refractivity contribution is -0.138. The summed E-state index contributed by atoms with van der Waals surface area (Å²) in [5, 5.41) is 18.6. The van der Waals surface area contributed by atoms with E-state index in [9.17, 15) is 14.3 Å². The van der Waals surface area contributed by atoms with Crippen molar-refractivity contribution in [3.05, 3.63) is 47.0 Å². The fourth-order valence-electron chi connectivity index (χ4n) is 3.04. The molecule has 1 saturated heterocycles. The lowest BCUT2D eigenvalue weighted by atomic mass is 9.92. The van der Waals surface area contributed by atoms with Crippen molar-refractivity contribution < 1.29 is 14.3 Å². The Morgan fingerprint density at radius 3 is 3.00 bits per heavy atom. The predicted molar refractivity (Wildman–Crippen MR) is 85.9 cm³/mol. The van der Waals surface area contributed by atoms with Gasteiger partial charge in [0.05, 0.1) is 25.7 Å². The lowest BCUT2D eigenvalue weighted by Crippen LogP contribution is -2.52. The van der Waals surface area contributed by atoms with E-state index in [-0.39, 0.29) is 36.0 Å². The summed E-state index contributed by atoms with van der Waals surface area (Å²) in [5.41, 5.74) is -0.879. The summed E-state index contributed by atoms with van der Waals surface area (Å²) in [5.74, 6) is -0.746. The summed E-state index contributed by atoms with van der Waals surface area (Å²) < 4.78 is 15.4. The van der Waals surface area contributed by atoms with E-state index >= 15 is 0 Å². The number of hydrogen-bond donors (Lipinski definition) is 1. The number of aliphatic hydroxyl groups is 1. The zero-order valence-electron chi connectivity index (χ0n) is 13.0. The second kappa shape index (κ2) is 6.86. The Morgan fingerprint density at radius 2 is 2.29 bits per heavy atom. The molecule has 1 N–H and O–H groups in total. The van der Waals surface area contributed by atoms with Crippen LogP contribution in [-0.4, -0.2) is 49.6 Å². The first kappa shape index (κ1) is 16.9. The molecule has 24 heavy (non-hydrogen) atoms. The predicted octanol–water partition coefficient (Wildman–Crippen LogP) is 1.67. The van der Waals surface area contributed by atoms with Crippen LogP contribution >= 0.6 is 11.6 Å². The second-order valence-electron chi connectivity index (χ2n) is 6.12. The van der Waals surface area contributed by atoms with Crippen molar-refractivity contribution >= 4 is 17.5 Å². The van der Waals surface area contributed by atoms with Crippen LogP contribution in [0.2, 0.25) is 5.02 Å². The van der Waals surface area contributed by atoms with Crippen LogP contribution in [0.3, 0.4) is 0 Å². The summed E-state index contributed by atoms with van der Waals surface area (Å²) >= 11 is 5.98. The van der Waals surface area contributed by atoms with Crippen LogP contribution in [0.5, 0.6) is 0 Å². The van der Waals surface area contributed by atoms with Gasteiger partial charge < -0.3 is 10.0 Å². The van der Waals surface area contributed by atoms with E-state index in [0.29, 0.717) is 19.4 Å². The molecule has 8 heteroatoms. The number of nitrogens with zero attached hydrogens (tertiary/aromatic N) is 4. The fourth-order valence-corrected chi connectivity index (χ4v) is 3.27. The zero-order chi connectivity index (χ0) is 17.2. The minimum atomic E-state index is -1.07. The topological polar surface area (TPSA) is 71.2 Å². The van der Waals surface area contributed by atoms with Crippen molar-refractivity contribution in [2.75, 3.05) is 13.1 Å². The highest BCUT2D eigenvalue weighted by molar-refractivity contribution is 6.31. The molecular formula is C16H18ClFN4O2. The Hall–Kier alpha value is -1.99. The van der Waals surface area contributed by atoms with Gasteiger partial charge in [-0.25, -0.2) is 9.07 Å². The van der Waals surface area contributed by atoms with Gasteiger partial charge in [-0.2, -0.15) is 0 Å². The number of amides is 1. The third-order valence-corrected chi connectivity index (χ3v) is 4.58. The maximum atomic E-state index is 13.9. The summed E-state index contributed by atoms with van der Waals surface area (Å²) in [6.07, 6.45) is 4.32. The minimum Gasteiger partial charge on any atom is -0.386 e. The Kier molecular flexibility index (Phi) is 4.82. The largest absolute Gasteiger partial charge is 0.386 e. The number of rotatable bonds is 4. The fraction of sp³-hybridized carbons (Fsp3) is 0.438. The summed E-state index contributed by atoms with van der Waals surface area (Å²) in [6, 6.07) is 4.35. The van der Waals surface area contributed by atoms with Crippen LogP contribution in [0, 0.1) is 5.82 Å². The Morgan fingerprint density at radius 1 is 1.46 bits per heavy atom. The van der Waals surface area contributed by atoms with Gasteiger partial charge in [-0.15, -0.1) is 5.10 Å². The summed E-state index contributed by atoms with van der Waals surface area (Å²) in [6.45, 7) is 0.972. The number of carbonyl (C=O) groups is 1.